The highest BCUT2D eigenvalue weighted by Gasteiger charge is 2.28. The van der Waals surface area contributed by atoms with Gasteiger partial charge in [0, 0.05) is 29.1 Å². The Labute approximate surface area is 176 Å². The van der Waals surface area contributed by atoms with Gasteiger partial charge < -0.3 is 20.5 Å². The van der Waals surface area contributed by atoms with E-state index in [0.29, 0.717) is 29.1 Å². The monoisotopic (exact) mass is 425 g/mol. The number of rotatable bonds is 4. The number of amides is 2. The van der Waals surface area contributed by atoms with Crippen LogP contribution in [-0.2, 0) is 9.59 Å². The lowest BCUT2D eigenvalue weighted by molar-refractivity contribution is -0.123. The minimum absolute atomic E-state index is 0.0614. The molecule has 1 aromatic heterocycles. The predicted octanol–water partition coefficient (Wildman–Crippen LogP) is 3.58. The fraction of sp³-hybridized carbons (Fsp3) is 0.143. The quantitative estimate of drug-likeness (QED) is 0.550. The number of para-hydroxylation sites is 1. The van der Waals surface area contributed by atoms with Gasteiger partial charge in [0.15, 0.2) is 0 Å². The second-order valence-electron chi connectivity index (χ2n) is 6.28. The van der Waals surface area contributed by atoms with Crippen LogP contribution in [0.5, 0.6) is 5.75 Å². The number of carbonyl (C=O) groups excluding carboxylic acids is 2. The zero-order valence-electron chi connectivity index (χ0n) is 16.0. The summed E-state index contributed by atoms with van der Waals surface area (Å²) in [5.41, 5.74) is 5.40. The van der Waals surface area contributed by atoms with Crippen LogP contribution in [0.25, 0.3) is 0 Å². The van der Waals surface area contributed by atoms with Crippen LogP contribution < -0.4 is 15.4 Å². The highest BCUT2D eigenvalue weighted by Crippen LogP contribution is 2.38. The molecule has 0 spiro atoms. The average Bonchev–Trinajstić information content (AvgIpc) is 3.28. The number of hydrogen-bond acceptors (Lipinski definition) is 6. The Bertz CT molecular complexity index is 1050. The Morgan fingerprint density at radius 2 is 2.10 bits per heavy atom. The number of nitrogens with one attached hydrogen (secondary N) is 2. The van der Waals surface area contributed by atoms with Crippen LogP contribution in [-0.4, -0.2) is 35.5 Å². The molecule has 0 saturated carbocycles. The molecule has 3 aromatic rings. The van der Waals surface area contributed by atoms with Crippen LogP contribution in [0.3, 0.4) is 0 Å². The fourth-order valence-electron chi connectivity index (χ4n) is 3.23. The normalized spacial score (nSPS) is 14.4. The summed E-state index contributed by atoms with van der Waals surface area (Å²) >= 11 is 1.51. The second kappa shape index (κ2) is 9.66. The first kappa shape index (κ1) is 21.0. The zero-order chi connectivity index (χ0) is 21.5. The molecule has 154 valence electrons. The highest BCUT2D eigenvalue weighted by atomic mass is 32.1. The van der Waals surface area contributed by atoms with Crippen LogP contribution in [0.15, 0.2) is 53.4 Å². The third-order valence-electron chi connectivity index (χ3n) is 4.51. The van der Waals surface area contributed by atoms with Gasteiger partial charge in [-0.15, -0.1) is 11.3 Å². The van der Waals surface area contributed by atoms with E-state index in [-0.39, 0.29) is 24.2 Å². The molecule has 0 aliphatic carbocycles. The Morgan fingerprint density at radius 1 is 1.33 bits per heavy atom. The standard InChI is InChI=1S/C20H17N3O3S.CH2O2/c1-26-18-5-3-2-4-14(18)20(25)22-12-6-7-13-15(17-10-27-11-21-17)9-19(24)23-16(13)8-12;2-1-3/h2-8,10-11,15H,9H2,1H3,(H,22,25)(H,23,24);1H,(H,2,3). The summed E-state index contributed by atoms with van der Waals surface area (Å²) in [6, 6.07) is 12.6. The lowest BCUT2D eigenvalue weighted by atomic mass is 9.88. The summed E-state index contributed by atoms with van der Waals surface area (Å²) in [4.78, 5) is 37.4. The number of aromatic nitrogens is 1. The van der Waals surface area contributed by atoms with Crippen LogP contribution >= 0.6 is 11.3 Å². The molecule has 1 aliphatic heterocycles. The lowest BCUT2D eigenvalue weighted by Crippen LogP contribution is -2.24. The summed E-state index contributed by atoms with van der Waals surface area (Å²) < 4.78 is 5.24. The molecule has 3 N–H and O–H groups in total. The van der Waals surface area contributed by atoms with Gasteiger partial charge in [0.05, 0.1) is 23.9 Å². The number of carboxylic acid groups (broad SMARTS) is 1. The number of nitrogens with zero attached hydrogens (tertiary/aromatic N) is 1. The maximum atomic E-state index is 12.6. The molecule has 30 heavy (non-hydrogen) atoms. The number of hydrogen-bond donors (Lipinski definition) is 3. The van der Waals surface area contributed by atoms with E-state index in [0.717, 1.165) is 11.3 Å². The molecule has 0 bridgehead atoms. The highest BCUT2D eigenvalue weighted by molar-refractivity contribution is 7.07. The van der Waals surface area contributed by atoms with Crippen molar-refractivity contribution >= 4 is 41.0 Å². The van der Waals surface area contributed by atoms with Gasteiger partial charge >= 0.3 is 0 Å². The molecule has 2 heterocycles. The van der Waals surface area contributed by atoms with Crippen LogP contribution in [0.1, 0.15) is 34.0 Å². The van der Waals surface area contributed by atoms with E-state index in [4.69, 9.17) is 14.6 Å². The zero-order valence-corrected chi connectivity index (χ0v) is 16.8. The van der Waals surface area contributed by atoms with Gasteiger partial charge in [-0.25, -0.2) is 4.98 Å². The molecular weight excluding hydrogens is 406 g/mol. The van der Waals surface area contributed by atoms with Crippen LogP contribution in [0.4, 0.5) is 11.4 Å². The molecule has 8 nitrogen and oxygen atoms in total. The van der Waals surface area contributed by atoms with E-state index in [2.05, 4.69) is 15.6 Å². The summed E-state index contributed by atoms with van der Waals surface area (Å²) in [7, 11) is 1.53. The number of carbonyl (C=O) groups is 3. The molecule has 0 radical (unpaired) electrons. The second-order valence-corrected chi connectivity index (χ2v) is 7.00. The number of benzene rings is 2. The van der Waals surface area contributed by atoms with Gasteiger partial charge in [-0.05, 0) is 29.8 Å². The Morgan fingerprint density at radius 3 is 2.80 bits per heavy atom. The number of methoxy groups -OCH3 is 1. The van der Waals surface area contributed by atoms with Crippen molar-refractivity contribution in [2.45, 2.75) is 12.3 Å². The van der Waals surface area contributed by atoms with Crippen molar-refractivity contribution in [2.75, 3.05) is 17.7 Å². The van der Waals surface area contributed by atoms with Crippen molar-refractivity contribution in [1.82, 2.24) is 4.98 Å². The van der Waals surface area contributed by atoms with Crippen molar-refractivity contribution < 1.29 is 24.2 Å². The SMILES string of the molecule is COc1ccccc1C(=O)Nc1ccc2c(c1)NC(=O)CC2c1cscn1.O=CO. The van der Waals surface area contributed by atoms with Gasteiger partial charge in [-0.3, -0.25) is 14.4 Å². The minimum atomic E-state index is -0.273. The van der Waals surface area contributed by atoms with Gasteiger partial charge in [0.25, 0.3) is 12.4 Å². The van der Waals surface area contributed by atoms with E-state index in [1.807, 2.05) is 23.6 Å². The number of thiazole rings is 1. The topological polar surface area (TPSA) is 118 Å². The van der Waals surface area contributed by atoms with Gasteiger partial charge in [-0.2, -0.15) is 0 Å². The largest absolute Gasteiger partial charge is 0.496 e. The first-order valence-corrected chi connectivity index (χ1v) is 9.85. The molecule has 9 heteroatoms. The van der Waals surface area contributed by atoms with Gasteiger partial charge in [0.2, 0.25) is 5.91 Å². The van der Waals surface area contributed by atoms with E-state index >= 15 is 0 Å². The van der Waals surface area contributed by atoms with Crippen LogP contribution in [0.2, 0.25) is 0 Å². The number of fused-ring (bicyclic) bond motifs is 1. The van der Waals surface area contributed by atoms with E-state index in [1.165, 1.54) is 18.4 Å². The first-order chi connectivity index (χ1) is 14.6. The van der Waals surface area contributed by atoms with Crippen molar-refractivity contribution in [1.29, 1.82) is 0 Å². The molecule has 0 fully saturated rings. The predicted molar refractivity (Wildman–Crippen MR) is 113 cm³/mol. The van der Waals surface area contributed by atoms with Crippen molar-refractivity contribution in [3.8, 4) is 5.75 Å². The lowest BCUT2D eigenvalue weighted by Gasteiger charge is -2.25. The summed E-state index contributed by atoms with van der Waals surface area (Å²) in [5.74, 6) is 0.100. The molecule has 1 aliphatic rings. The molecule has 1 unspecified atom stereocenters. The van der Waals surface area contributed by atoms with Crippen molar-refractivity contribution in [3.63, 3.8) is 0 Å². The summed E-state index contributed by atoms with van der Waals surface area (Å²) in [6.45, 7) is -0.250. The van der Waals surface area contributed by atoms with Crippen molar-refractivity contribution in [3.05, 3.63) is 70.2 Å². The molecule has 2 aromatic carbocycles. The third kappa shape index (κ3) is 4.64. The van der Waals surface area contributed by atoms with Gasteiger partial charge in [0.1, 0.15) is 5.75 Å². The first-order valence-electron chi connectivity index (χ1n) is 8.91. The number of anilines is 2. The smallest absolute Gasteiger partial charge is 0.290 e. The van der Waals surface area contributed by atoms with E-state index in [1.54, 1.807) is 29.8 Å². The minimum Gasteiger partial charge on any atom is -0.496 e. The summed E-state index contributed by atoms with van der Waals surface area (Å²) in [6.07, 6.45) is 0.365. The maximum absolute atomic E-state index is 12.6. The van der Waals surface area contributed by atoms with Crippen molar-refractivity contribution in [2.24, 2.45) is 0 Å². The van der Waals surface area contributed by atoms with Crippen LogP contribution in [0, 0.1) is 0 Å². The average molecular weight is 425 g/mol. The molecule has 4 rings (SSSR count). The Hall–Kier alpha value is -3.72. The molecule has 1 atom stereocenters. The fourth-order valence-corrected chi connectivity index (χ4v) is 3.84. The maximum Gasteiger partial charge on any atom is 0.290 e. The van der Waals surface area contributed by atoms with E-state index in [9.17, 15) is 9.59 Å². The Kier molecular flexibility index (Phi) is 6.76. The third-order valence-corrected chi connectivity index (χ3v) is 5.11. The molecular formula is C21H19N3O5S. The van der Waals surface area contributed by atoms with Gasteiger partial charge in [-0.1, -0.05) is 18.2 Å². The number of ether oxygens (including phenoxy) is 1. The Balaban J connectivity index is 0.000000806. The van der Waals surface area contributed by atoms with E-state index < -0.39 is 0 Å². The summed E-state index contributed by atoms with van der Waals surface area (Å²) in [5, 5.41) is 14.6. The molecule has 0 saturated heterocycles. The molecule has 2 amide bonds.